The quantitative estimate of drug-likeness (QED) is 0.421. The van der Waals surface area contributed by atoms with E-state index in [2.05, 4.69) is 15.3 Å². The smallest absolute Gasteiger partial charge is 0.374 e. The van der Waals surface area contributed by atoms with Gasteiger partial charge in [-0.3, -0.25) is 0 Å². The molecule has 1 unspecified atom stereocenters. The van der Waals surface area contributed by atoms with Crippen LogP contribution in [0.1, 0.15) is 28.3 Å². The minimum absolute atomic E-state index is 0.214. The Morgan fingerprint density at radius 3 is 2.64 bits per heavy atom. The van der Waals surface area contributed by atoms with E-state index in [0.29, 0.717) is 5.56 Å². The van der Waals surface area contributed by atoms with Gasteiger partial charge in [-0.05, 0) is 41.8 Å². The van der Waals surface area contributed by atoms with Crippen molar-refractivity contribution in [2.75, 3.05) is 5.32 Å². The second-order valence-corrected chi connectivity index (χ2v) is 7.02. The van der Waals surface area contributed by atoms with Gasteiger partial charge in [-0.25, -0.2) is 4.98 Å². The number of anilines is 1. The highest BCUT2D eigenvalue weighted by molar-refractivity contribution is 6.01. The number of nitrogens with one attached hydrogen (secondary N) is 2. The fourth-order valence-corrected chi connectivity index (χ4v) is 4.00. The lowest BCUT2D eigenvalue weighted by Gasteiger charge is -2.21. The molecule has 0 saturated carbocycles. The first-order chi connectivity index (χ1) is 13.4. The molecule has 0 radical (unpaired) electrons. The summed E-state index contributed by atoms with van der Waals surface area (Å²) in [5.41, 5.74) is 4.66. The molecule has 0 fully saturated rings. The Bertz CT molecular complexity index is 1210. The molecule has 0 spiro atoms. The van der Waals surface area contributed by atoms with E-state index in [-0.39, 0.29) is 5.56 Å². The number of rotatable bonds is 1. The number of aryl methyl sites for hydroxylation is 1. The van der Waals surface area contributed by atoms with Gasteiger partial charge in [0.1, 0.15) is 5.65 Å². The van der Waals surface area contributed by atoms with Crippen LogP contribution in [-0.2, 0) is 6.18 Å². The highest BCUT2D eigenvalue weighted by Gasteiger charge is 2.34. The van der Waals surface area contributed by atoms with Crippen molar-refractivity contribution in [1.82, 2.24) is 9.97 Å². The summed E-state index contributed by atoms with van der Waals surface area (Å²) in [7, 11) is 0. The number of alkyl halides is 3. The van der Waals surface area contributed by atoms with Crippen LogP contribution in [0.15, 0.2) is 60.9 Å². The van der Waals surface area contributed by atoms with E-state index in [4.69, 9.17) is 0 Å². The second-order valence-electron chi connectivity index (χ2n) is 7.02. The molecule has 2 aromatic heterocycles. The minimum atomic E-state index is -4.39. The molecule has 1 aliphatic heterocycles. The average Bonchev–Trinajstić information content (AvgIpc) is 3.04. The van der Waals surface area contributed by atoms with Crippen molar-refractivity contribution in [1.29, 1.82) is 0 Å². The molecule has 0 saturated heterocycles. The molecule has 28 heavy (non-hydrogen) atoms. The van der Waals surface area contributed by atoms with Crippen molar-refractivity contribution >= 4 is 16.7 Å². The second kappa shape index (κ2) is 5.86. The maximum absolute atomic E-state index is 13.5. The van der Waals surface area contributed by atoms with Crippen LogP contribution in [0.2, 0.25) is 0 Å². The molecule has 3 nitrogen and oxygen atoms in total. The predicted octanol–water partition coefficient (Wildman–Crippen LogP) is 6.07. The summed E-state index contributed by atoms with van der Waals surface area (Å²) in [5, 5.41) is 4.38. The zero-order valence-electron chi connectivity index (χ0n) is 14.9. The van der Waals surface area contributed by atoms with Crippen LogP contribution in [-0.4, -0.2) is 9.97 Å². The lowest BCUT2D eigenvalue weighted by molar-refractivity contribution is -0.138. The SMILES string of the molecule is Cc1ccc(C2Nc3ccccc3-c3ccnc4[nH]cc2c34)cc1C(F)(F)F. The number of pyridine rings is 1. The molecular weight excluding hydrogens is 363 g/mol. The Kier molecular flexibility index (Phi) is 3.53. The highest BCUT2D eigenvalue weighted by Crippen LogP contribution is 2.44. The molecule has 1 atom stereocenters. The van der Waals surface area contributed by atoms with Crippen LogP contribution >= 0.6 is 0 Å². The molecule has 0 bridgehead atoms. The van der Waals surface area contributed by atoms with Crippen LogP contribution < -0.4 is 5.32 Å². The van der Waals surface area contributed by atoms with Gasteiger partial charge in [0.2, 0.25) is 0 Å². The monoisotopic (exact) mass is 379 g/mol. The number of para-hydroxylation sites is 1. The third kappa shape index (κ3) is 2.48. The number of fused-ring (bicyclic) bond motifs is 2. The number of hydrogen-bond acceptors (Lipinski definition) is 2. The summed E-state index contributed by atoms with van der Waals surface area (Å²) in [6, 6.07) is 13.9. The molecule has 0 amide bonds. The summed E-state index contributed by atoms with van der Waals surface area (Å²) in [4.78, 5) is 7.56. The zero-order valence-corrected chi connectivity index (χ0v) is 14.9. The number of halogens is 3. The first kappa shape index (κ1) is 16.9. The zero-order chi connectivity index (χ0) is 19.5. The predicted molar refractivity (Wildman–Crippen MR) is 103 cm³/mol. The van der Waals surface area contributed by atoms with Crippen molar-refractivity contribution in [3.05, 3.63) is 83.2 Å². The summed E-state index contributed by atoms with van der Waals surface area (Å²) < 4.78 is 40.5. The fourth-order valence-electron chi connectivity index (χ4n) is 4.00. The van der Waals surface area contributed by atoms with Crippen molar-refractivity contribution in [3.8, 4) is 11.1 Å². The molecule has 140 valence electrons. The normalized spacial score (nSPS) is 15.8. The third-order valence-corrected chi connectivity index (χ3v) is 5.33. The highest BCUT2D eigenvalue weighted by atomic mass is 19.4. The summed E-state index contributed by atoms with van der Waals surface area (Å²) >= 11 is 0. The number of H-pyrrole nitrogens is 1. The largest absolute Gasteiger partial charge is 0.416 e. The Morgan fingerprint density at radius 1 is 1.00 bits per heavy atom. The summed E-state index contributed by atoms with van der Waals surface area (Å²) in [5.74, 6) is 0. The lowest BCUT2D eigenvalue weighted by atomic mass is 9.94. The molecule has 4 aromatic rings. The van der Waals surface area contributed by atoms with E-state index >= 15 is 0 Å². The molecule has 3 heterocycles. The Labute approximate surface area is 159 Å². The van der Waals surface area contributed by atoms with Crippen LogP contribution in [0.25, 0.3) is 22.2 Å². The Balaban J connectivity index is 1.78. The van der Waals surface area contributed by atoms with Gasteiger partial charge in [-0.2, -0.15) is 13.2 Å². The number of nitrogens with zero attached hydrogens (tertiary/aromatic N) is 1. The summed E-state index contributed by atoms with van der Waals surface area (Å²) in [6.45, 7) is 1.48. The maximum atomic E-state index is 13.5. The molecule has 6 heteroatoms. The molecule has 2 N–H and O–H groups in total. The van der Waals surface area contributed by atoms with E-state index < -0.39 is 17.8 Å². The lowest BCUT2D eigenvalue weighted by Crippen LogP contribution is -2.14. The van der Waals surface area contributed by atoms with Crippen molar-refractivity contribution in [3.63, 3.8) is 0 Å². The number of benzene rings is 2. The Hall–Kier alpha value is -3.28. The van der Waals surface area contributed by atoms with E-state index in [1.807, 2.05) is 36.5 Å². The van der Waals surface area contributed by atoms with E-state index in [0.717, 1.165) is 33.4 Å². The summed E-state index contributed by atoms with van der Waals surface area (Å²) in [6.07, 6.45) is -0.823. The topological polar surface area (TPSA) is 40.7 Å². The molecule has 0 aliphatic carbocycles. The van der Waals surface area contributed by atoms with Gasteiger partial charge in [0.05, 0.1) is 11.6 Å². The van der Waals surface area contributed by atoms with Gasteiger partial charge >= 0.3 is 6.18 Å². The number of aromatic nitrogens is 2. The van der Waals surface area contributed by atoms with Gasteiger partial charge in [-0.15, -0.1) is 0 Å². The van der Waals surface area contributed by atoms with Crippen molar-refractivity contribution < 1.29 is 13.2 Å². The standard InChI is InChI=1S/C22H16F3N3/c1-12-6-7-13(10-17(12)22(23,24)25)20-16-11-27-21-19(16)15(8-9-26-21)14-4-2-3-5-18(14)28-20/h2-11,20,28H,1H3,(H,26,27). The Morgan fingerprint density at radius 2 is 1.82 bits per heavy atom. The van der Waals surface area contributed by atoms with Gasteiger partial charge in [0, 0.05) is 34.6 Å². The molecule has 1 aliphatic rings. The van der Waals surface area contributed by atoms with Crippen molar-refractivity contribution in [2.45, 2.75) is 19.1 Å². The molecular formula is C22H16F3N3. The average molecular weight is 379 g/mol. The van der Waals surface area contributed by atoms with E-state index in [1.165, 1.54) is 19.1 Å². The van der Waals surface area contributed by atoms with Gasteiger partial charge in [0.15, 0.2) is 0 Å². The minimum Gasteiger partial charge on any atom is -0.374 e. The fraction of sp³-hybridized carbons (Fsp3) is 0.136. The first-order valence-corrected chi connectivity index (χ1v) is 8.93. The van der Waals surface area contributed by atoms with Gasteiger partial charge in [-0.1, -0.05) is 30.3 Å². The van der Waals surface area contributed by atoms with Crippen LogP contribution in [0, 0.1) is 6.92 Å². The van der Waals surface area contributed by atoms with E-state index in [1.54, 1.807) is 12.3 Å². The number of hydrogen-bond donors (Lipinski definition) is 2. The molecule has 5 rings (SSSR count). The maximum Gasteiger partial charge on any atom is 0.416 e. The van der Waals surface area contributed by atoms with Crippen LogP contribution in [0.5, 0.6) is 0 Å². The van der Waals surface area contributed by atoms with E-state index in [9.17, 15) is 13.2 Å². The van der Waals surface area contributed by atoms with Gasteiger partial charge in [0.25, 0.3) is 0 Å². The van der Waals surface area contributed by atoms with Crippen LogP contribution in [0.4, 0.5) is 18.9 Å². The van der Waals surface area contributed by atoms with Gasteiger partial charge < -0.3 is 10.3 Å². The number of aromatic amines is 1. The third-order valence-electron chi connectivity index (χ3n) is 5.33. The molecule has 2 aromatic carbocycles. The van der Waals surface area contributed by atoms with Crippen LogP contribution in [0.3, 0.4) is 0 Å². The first-order valence-electron chi connectivity index (χ1n) is 8.93. The van der Waals surface area contributed by atoms with Crippen molar-refractivity contribution in [2.24, 2.45) is 0 Å².